The molecule has 1 N–H and O–H groups in total. The molecule has 0 spiro atoms. The van der Waals surface area contributed by atoms with Crippen LogP contribution in [0.3, 0.4) is 0 Å². The van der Waals surface area contributed by atoms with Crippen molar-refractivity contribution in [3.63, 3.8) is 0 Å². The minimum atomic E-state index is -3.51. The van der Waals surface area contributed by atoms with Gasteiger partial charge in [-0.15, -0.1) is 0 Å². The summed E-state index contributed by atoms with van der Waals surface area (Å²) in [6.07, 6.45) is 0.408. The molecule has 1 unspecified atom stereocenters. The highest BCUT2D eigenvalue weighted by Gasteiger charge is 2.22. The van der Waals surface area contributed by atoms with Gasteiger partial charge in [0.15, 0.2) is 9.84 Å². The molecular formula is C31H31NO5S. The minimum absolute atomic E-state index is 0.0743. The molecule has 0 radical (unpaired) electrons. The second kappa shape index (κ2) is 12.0. The highest BCUT2D eigenvalue weighted by atomic mass is 32.2. The molecular weight excluding hydrogens is 498 g/mol. The quantitative estimate of drug-likeness (QED) is 0.244. The van der Waals surface area contributed by atoms with Crippen LogP contribution >= 0.6 is 0 Å². The maximum atomic E-state index is 13.1. The molecule has 0 heterocycles. The summed E-state index contributed by atoms with van der Waals surface area (Å²) in [5.41, 5.74) is 2.85. The zero-order valence-electron chi connectivity index (χ0n) is 21.5. The molecule has 38 heavy (non-hydrogen) atoms. The predicted molar refractivity (Wildman–Crippen MR) is 150 cm³/mol. The van der Waals surface area contributed by atoms with E-state index in [4.69, 9.17) is 4.74 Å². The third kappa shape index (κ3) is 6.86. The van der Waals surface area contributed by atoms with Crippen LogP contribution in [0, 0.1) is 6.92 Å². The smallest absolute Gasteiger partial charge is 0.338 e. The molecule has 0 saturated carbocycles. The van der Waals surface area contributed by atoms with E-state index in [2.05, 4.69) is 5.32 Å². The van der Waals surface area contributed by atoms with Gasteiger partial charge in [0.05, 0.1) is 22.8 Å². The topological polar surface area (TPSA) is 89.5 Å². The van der Waals surface area contributed by atoms with Gasteiger partial charge < -0.3 is 10.1 Å². The minimum Gasteiger partial charge on any atom is -0.462 e. The lowest BCUT2D eigenvalue weighted by Gasteiger charge is -2.18. The van der Waals surface area contributed by atoms with Gasteiger partial charge in [-0.25, -0.2) is 13.2 Å². The monoisotopic (exact) mass is 529 g/mol. The first-order chi connectivity index (χ1) is 18.2. The van der Waals surface area contributed by atoms with Gasteiger partial charge in [-0.3, -0.25) is 4.79 Å². The van der Waals surface area contributed by atoms with Gasteiger partial charge in [-0.1, -0.05) is 60.2 Å². The molecule has 1 atom stereocenters. The molecule has 196 valence electrons. The number of benzene rings is 4. The van der Waals surface area contributed by atoms with Gasteiger partial charge in [-0.05, 0) is 78.9 Å². The van der Waals surface area contributed by atoms with Gasteiger partial charge in [0.1, 0.15) is 0 Å². The molecule has 6 nitrogen and oxygen atoms in total. The fourth-order valence-electron chi connectivity index (χ4n) is 4.35. The van der Waals surface area contributed by atoms with Gasteiger partial charge in [0.2, 0.25) is 5.91 Å². The fraction of sp³-hybridized carbons (Fsp3) is 0.226. The van der Waals surface area contributed by atoms with Crippen molar-refractivity contribution in [1.29, 1.82) is 0 Å². The average Bonchev–Trinajstić information content (AvgIpc) is 2.91. The van der Waals surface area contributed by atoms with E-state index in [1.807, 2.05) is 49.4 Å². The lowest BCUT2D eigenvalue weighted by atomic mass is 9.91. The number of esters is 1. The highest BCUT2D eigenvalue weighted by molar-refractivity contribution is 7.91. The normalized spacial score (nSPS) is 12.2. The number of aryl methyl sites for hydroxylation is 1. The maximum absolute atomic E-state index is 13.1. The van der Waals surface area contributed by atoms with Crippen molar-refractivity contribution in [3.05, 3.63) is 108 Å². The van der Waals surface area contributed by atoms with E-state index in [9.17, 15) is 18.0 Å². The van der Waals surface area contributed by atoms with Crippen molar-refractivity contribution in [1.82, 2.24) is 0 Å². The largest absolute Gasteiger partial charge is 0.462 e. The first-order valence-electron chi connectivity index (χ1n) is 12.6. The first kappa shape index (κ1) is 27.1. The summed E-state index contributed by atoms with van der Waals surface area (Å²) in [5.74, 6) is -1.04. The van der Waals surface area contributed by atoms with Crippen LogP contribution in [-0.4, -0.2) is 32.7 Å². The Morgan fingerprint density at radius 1 is 0.868 bits per heavy atom. The van der Waals surface area contributed by atoms with E-state index in [0.717, 1.165) is 21.9 Å². The second-order valence-corrected chi connectivity index (χ2v) is 11.4. The number of nitrogens with one attached hydrogen (secondary N) is 1. The van der Waals surface area contributed by atoms with Crippen molar-refractivity contribution in [2.45, 2.75) is 37.5 Å². The number of carbonyl (C=O) groups excluding carboxylic acids is 2. The number of hydrogen-bond donors (Lipinski definition) is 1. The number of fused-ring (bicyclic) bond motifs is 1. The van der Waals surface area contributed by atoms with Crippen molar-refractivity contribution in [2.24, 2.45) is 0 Å². The summed E-state index contributed by atoms with van der Waals surface area (Å²) < 4.78 is 31.1. The molecule has 0 aromatic heterocycles. The molecule has 0 fully saturated rings. The van der Waals surface area contributed by atoms with E-state index < -0.39 is 15.8 Å². The molecule has 0 aliphatic carbocycles. The Morgan fingerprint density at radius 3 is 2.24 bits per heavy atom. The van der Waals surface area contributed by atoms with Gasteiger partial charge >= 0.3 is 5.97 Å². The van der Waals surface area contributed by atoms with Crippen LogP contribution in [0.4, 0.5) is 5.69 Å². The van der Waals surface area contributed by atoms with Crippen LogP contribution < -0.4 is 5.32 Å². The van der Waals surface area contributed by atoms with Crippen molar-refractivity contribution in [3.8, 4) is 0 Å². The summed E-state index contributed by atoms with van der Waals surface area (Å²) in [5, 5.41) is 4.98. The number of carbonyl (C=O) groups is 2. The van der Waals surface area contributed by atoms with Crippen LogP contribution in [0.2, 0.25) is 0 Å². The number of sulfone groups is 1. The Morgan fingerprint density at radius 2 is 1.55 bits per heavy atom. The maximum Gasteiger partial charge on any atom is 0.338 e. The van der Waals surface area contributed by atoms with E-state index in [-0.39, 0.29) is 35.5 Å². The molecule has 4 aromatic rings. The molecule has 4 rings (SSSR count). The van der Waals surface area contributed by atoms with Crippen LogP contribution in [0.1, 0.15) is 47.2 Å². The third-order valence-electron chi connectivity index (χ3n) is 6.47. The lowest BCUT2D eigenvalue weighted by Crippen LogP contribution is -2.18. The van der Waals surface area contributed by atoms with Gasteiger partial charge in [0.25, 0.3) is 0 Å². The SMILES string of the molecule is CCOC(=O)c1ccc(NC(=O)CC(CCS(=O)(=O)c2ccc(C)cc2)c2ccc3ccccc3c2)cc1. The molecule has 0 aliphatic rings. The first-order valence-corrected chi connectivity index (χ1v) is 14.3. The fourth-order valence-corrected chi connectivity index (χ4v) is 5.73. The predicted octanol–water partition coefficient (Wildman–Crippen LogP) is 6.30. The Labute approximate surface area is 223 Å². The zero-order chi connectivity index (χ0) is 27.1. The zero-order valence-corrected chi connectivity index (χ0v) is 22.3. The molecule has 0 aliphatic heterocycles. The van der Waals surface area contributed by atoms with E-state index in [0.29, 0.717) is 17.7 Å². The molecule has 0 saturated heterocycles. The number of rotatable bonds is 10. The van der Waals surface area contributed by atoms with E-state index in [1.54, 1.807) is 55.5 Å². The van der Waals surface area contributed by atoms with Crippen molar-refractivity contribution < 1.29 is 22.7 Å². The molecule has 1 amide bonds. The summed E-state index contributed by atoms with van der Waals surface area (Å²) >= 11 is 0. The van der Waals surface area contributed by atoms with Crippen LogP contribution in [0.25, 0.3) is 10.8 Å². The summed E-state index contributed by atoms with van der Waals surface area (Å²) in [4.78, 5) is 25.2. The molecule has 7 heteroatoms. The highest BCUT2D eigenvalue weighted by Crippen LogP contribution is 2.29. The van der Waals surface area contributed by atoms with Crippen LogP contribution in [-0.2, 0) is 19.4 Å². The molecule has 0 bridgehead atoms. The van der Waals surface area contributed by atoms with Crippen molar-refractivity contribution in [2.75, 3.05) is 17.7 Å². The summed E-state index contributed by atoms with van der Waals surface area (Å²) in [6, 6.07) is 27.3. The van der Waals surface area contributed by atoms with E-state index >= 15 is 0 Å². The Kier molecular flexibility index (Phi) is 8.59. The lowest BCUT2D eigenvalue weighted by molar-refractivity contribution is -0.116. The molecule has 4 aromatic carbocycles. The third-order valence-corrected chi connectivity index (χ3v) is 8.24. The van der Waals surface area contributed by atoms with Crippen LogP contribution in [0.5, 0.6) is 0 Å². The number of hydrogen-bond acceptors (Lipinski definition) is 5. The Bertz CT molecular complexity index is 1530. The Hall–Kier alpha value is -3.97. The average molecular weight is 530 g/mol. The number of ether oxygens (including phenoxy) is 1. The number of amides is 1. The van der Waals surface area contributed by atoms with Gasteiger partial charge in [0, 0.05) is 12.1 Å². The van der Waals surface area contributed by atoms with Crippen molar-refractivity contribution >= 4 is 38.2 Å². The summed E-state index contributed by atoms with van der Waals surface area (Å²) in [7, 11) is -3.51. The summed E-state index contributed by atoms with van der Waals surface area (Å²) in [6.45, 7) is 3.94. The Balaban J connectivity index is 1.52. The second-order valence-electron chi connectivity index (χ2n) is 9.27. The van der Waals surface area contributed by atoms with E-state index in [1.165, 1.54) is 0 Å². The van der Waals surface area contributed by atoms with Crippen LogP contribution in [0.15, 0.2) is 95.9 Å². The standard InChI is InChI=1S/C31H31NO5S/c1-3-37-31(34)24-12-14-28(15-13-24)32-30(33)21-27(26-11-10-23-6-4-5-7-25(23)20-26)18-19-38(35,36)29-16-8-22(2)9-17-29/h4-17,20,27H,3,18-19,21H2,1-2H3,(H,32,33). The van der Waals surface area contributed by atoms with Gasteiger partial charge in [-0.2, -0.15) is 0 Å². The number of anilines is 1.